The number of methoxy groups -OCH3 is 2. The van der Waals surface area contributed by atoms with Crippen LogP contribution in [0.4, 0.5) is 23.7 Å². The molecule has 0 aliphatic rings. The second-order valence-electron chi connectivity index (χ2n) is 5.97. The molecule has 156 valence electrons. The summed E-state index contributed by atoms with van der Waals surface area (Å²) < 4.78 is 48.4. The number of hydrogen-bond donors (Lipinski definition) is 0. The monoisotopic (exact) mass is 410 g/mol. The molecule has 0 radical (unpaired) electrons. The van der Waals surface area contributed by atoms with Crippen molar-refractivity contribution in [3.05, 3.63) is 65.2 Å². The lowest BCUT2D eigenvalue weighted by Gasteiger charge is -2.22. The van der Waals surface area contributed by atoms with E-state index in [2.05, 4.69) is 5.16 Å². The fraction of sp³-hybridized carbons (Fsp3) is 0.300. The molecule has 2 rings (SSSR count). The molecule has 0 aliphatic carbocycles. The number of oxime groups is 1. The molecular weight excluding hydrogens is 389 g/mol. The van der Waals surface area contributed by atoms with Gasteiger partial charge in [-0.2, -0.15) is 13.2 Å². The number of para-hydroxylation sites is 1. The van der Waals surface area contributed by atoms with Gasteiger partial charge < -0.3 is 14.3 Å². The molecule has 0 aliphatic heterocycles. The minimum Gasteiger partial charge on any atom is -0.452 e. The largest absolute Gasteiger partial charge is 0.452 e. The zero-order valence-electron chi connectivity index (χ0n) is 16.2. The maximum absolute atomic E-state index is 12.9. The number of carbonyl (C=O) groups excluding carboxylic acids is 1. The molecule has 0 bridgehead atoms. The normalized spacial score (nSPS) is 11.9. The van der Waals surface area contributed by atoms with Gasteiger partial charge in [0.1, 0.15) is 13.3 Å². The first-order valence-electron chi connectivity index (χ1n) is 8.54. The van der Waals surface area contributed by atoms with E-state index >= 15 is 0 Å². The Morgan fingerprint density at radius 3 is 2.48 bits per heavy atom. The SMILES string of the molecule is COCN(C(=O)OC)c1ccccc1CO/N=C(\C)c1cccc(C(F)(F)F)c1. The lowest BCUT2D eigenvalue weighted by molar-refractivity contribution is -0.137. The molecule has 0 aromatic heterocycles. The highest BCUT2D eigenvalue weighted by molar-refractivity contribution is 5.98. The number of benzene rings is 2. The first kappa shape index (κ1) is 22.2. The van der Waals surface area contributed by atoms with E-state index in [1.807, 2.05) is 0 Å². The molecule has 0 atom stereocenters. The molecule has 0 N–H and O–H groups in total. The van der Waals surface area contributed by atoms with Crippen molar-refractivity contribution in [3.63, 3.8) is 0 Å². The smallest absolute Gasteiger partial charge is 0.416 e. The van der Waals surface area contributed by atoms with Crippen LogP contribution in [0.1, 0.15) is 23.6 Å². The Labute approximate surface area is 166 Å². The third-order valence-electron chi connectivity index (χ3n) is 3.96. The molecule has 2 aromatic rings. The summed E-state index contributed by atoms with van der Waals surface area (Å²) in [6, 6.07) is 11.7. The minimum absolute atomic E-state index is 0.0102. The van der Waals surface area contributed by atoms with Gasteiger partial charge in [0, 0.05) is 12.7 Å². The van der Waals surface area contributed by atoms with Crippen molar-refractivity contribution in [2.24, 2.45) is 5.16 Å². The summed E-state index contributed by atoms with van der Waals surface area (Å²) in [6.07, 6.45) is -5.04. The van der Waals surface area contributed by atoms with Crippen LogP contribution < -0.4 is 4.90 Å². The van der Waals surface area contributed by atoms with Crippen LogP contribution in [-0.2, 0) is 27.1 Å². The van der Waals surface area contributed by atoms with Gasteiger partial charge in [-0.3, -0.25) is 4.90 Å². The van der Waals surface area contributed by atoms with Gasteiger partial charge in [0.15, 0.2) is 0 Å². The first-order valence-corrected chi connectivity index (χ1v) is 8.54. The van der Waals surface area contributed by atoms with Gasteiger partial charge in [-0.05, 0) is 30.7 Å². The van der Waals surface area contributed by atoms with Gasteiger partial charge >= 0.3 is 12.3 Å². The molecule has 0 saturated heterocycles. The molecule has 9 heteroatoms. The zero-order valence-corrected chi connectivity index (χ0v) is 16.2. The fourth-order valence-corrected chi connectivity index (χ4v) is 2.53. The number of anilines is 1. The number of ether oxygens (including phenoxy) is 2. The molecule has 0 saturated carbocycles. The van der Waals surface area contributed by atoms with E-state index in [0.29, 0.717) is 16.8 Å². The second-order valence-corrected chi connectivity index (χ2v) is 5.97. The predicted molar refractivity (Wildman–Crippen MR) is 102 cm³/mol. The number of hydrogen-bond acceptors (Lipinski definition) is 5. The number of alkyl halides is 3. The van der Waals surface area contributed by atoms with Crippen molar-refractivity contribution in [2.45, 2.75) is 19.7 Å². The zero-order chi connectivity index (χ0) is 21.4. The van der Waals surface area contributed by atoms with E-state index in [9.17, 15) is 18.0 Å². The van der Waals surface area contributed by atoms with Crippen LogP contribution >= 0.6 is 0 Å². The maximum atomic E-state index is 12.9. The van der Waals surface area contributed by atoms with Crippen LogP contribution in [0.2, 0.25) is 0 Å². The van der Waals surface area contributed by atoms with E-state index in [4.69, 9.17) is 14.3 Å². The molecule has 2 aromatic carbocycles. The molecular formula is C20H21F3N2O4. The Morgan fingerprint density at radius 2 is 1.83 bits per heavy atom. The van der Waals surface area contributed by atoms with E-state index in [-0.39, 0.29) is 19.0 Å². The number of nitrogens with zero attached hydrogens (tertiary/aromatic N) is 2. The quantitative estimate of drug-likeness (QED) is 0.373. The van der Waals surface area contributed by atoms with Gasteiger partial charge in [0.05, 0.1) is 24.1 Å². The third-order valence-corrected chi connectivity index (χ3v) is 3.96. The summed E-state index contributed by atoms with van der Waals surface area (Å²) in [6.45, 7) is 1.51. The molecule has 0 unspecified atom stereocenters. The number of amides is 1. The van der Waals surface area contributed by atoms with Crippen molar-refractivity contribution < 1.29 is 32.3 Å². The van der Waals surface area contributed by atoms with Crippen LogP contribution in [0, 0.1) is 0 Å². The molecule has 0 heterocycles. The predicted octanol–water partition coefficient (Wildman–Crippen LogP) is 4.82. The molecule has 6 nitrogen and oxygen atoms in total. The lowest BCUT2D eigenvalue weighted by atomic mass is 10.1. The number of carbonyl (C=O) groups is 1. The Morgan fingerprint density at radius 1 is 1.10 bits per heavy atom. The van der Waals surface area contributed by atoms with Crippen LogP contribution in [0.3, 0.4) is 0 Å². The van der Waals surface area contributed by atoms with Gasteiger partial charge in [-0.1, -0.05) is 35.5 Å². The summed E-state index contributed by atoms with van der Waals surface area (Å²) in [7, 11) is 2.70. The van der Waals surface area contributed by atoms with Gasteiger partial charge in [-0.25, -0.2) is 4.79 Å². The highest BCUT2D eigenvalue weighted by Gasteiger charge is 2.30. The van der Waals surface area contributed by atoms with Crippen LogP contribution in [0.25, 0.3) is 0 Å². The summed E-state index contributed by atoms with van der Waals surface area (Å²) >= 11 is 0. The Kier molecular flexibility index (Phi) is 7.60. The van der Waals surface area contributed by atoms with Gasteiger partial charge in [0.25, 0.3) is 0 Å². The van der Waals surface area contributed by atoms with Gasteiger partial charge in [-0.15, -0.1) is 0 Å². The highest BCUT2D eigenvalue weighted by Crippen LogP contribution is 2.29. The summed E-state index contributed by atoms with van der Waals surface area (Å²) in [5.41, 5.74) is 0.950. The molecule has 0 fully saturated rings. The lowest BCUT2D eigenvalue weighted by Crippen LogP contribution is -2.33. The van der Waals surface area contributed by atoms with Crippen LogP contribution in [0.5, 0.6) is 0 Å². The molecule has 0 spiro atoms. The number of rotatable bonds is 7. The van der Waals surface area contributed by atoms with E-state index in [0.717, 1.165) is 12.1 Å². The standard InChI is InChI=1S/C20H21F3N2O4/c1-14(15-8-6-9-17(11-15)20(21,22)23)24-29-12-16-7-4-5-10-18(16)25(13-27-2)19(26)28-3/h4-11H,12-13H2,1-3H3/b24-14+. The first-order chi connectivity index (χ1) is 13.8. The third kappa shape index (κ3) is 5.95. The summed E-state index contributed by atoms with van der Waals surface area (Å²) in [5.74, 6) is 0. The Balaban J connectivity index is 2.17. The summed E-state index contributed by atoms with van der Waals surface area (Å²) in [5, 5.41) is 3.91. The van der Waals surface area contributed by atoms with Crippen molar-refractivity contribution in [3.8, 4) is 0 Å². The van der Waals surface area contributed by atoms with E-state index in [1.54, 1.807) is 31.2 Å². The fourth-order valence-electron chi connectivity index (χ4n) is 2.53. The van der Waals surface area contributed by atoms with Crippen molar-refractivity contribution in [2.75, 3.05) is 25.9 Å². The average molecular weight is 410 g/mol. The topological polar surface area (TPSA) is 60.4 Å². The minimum atomic E-state index is -4.44. The van der Waals surface area contributed by atoms with Crippen molar-refractivity contribution >= 4 is 17.5 Å². The number of halogens is 3. The Bertz CT molecular complexity index is 869. The van der Waals surface area contributed by atoms with Crippen molar-refractivity contribution in [1.29, 1.82) is 0 Å². The molecule has 1 amide bonds. The van der Waals surface area contributed by atoms with Gasteiger partial charge in [0.2, 0.25) is 0 Å². The highest BCUT2D eigenvalue weighted by atomic mass is 19.4. The van der Waals surface area contributed by atoms with Crippen molar-refractivity contribution in [1.82, 2.24) is 0 Å². The summed E-state index contributed by atoms with van der Waals surface area (Å²) in [4.78, 5) is 18.6. The Hall–Kier alpha value is -3.07. The van der Waals surface area contributed by atoms with Crippen LogP contribution in [0.15, 0.2) is 53.7 Å². The van der Waals surface area contributed by atoms with E-state index in [1.165, 1.54) is 31.3 Å². The second kappa shape index (κ2) is 9.92. The molecule has 29 heavy (non-hydrogen) atoms. The van der Waals surface area contributed by atoms with E-state index < -0.39 is 17.8 Å². The average Bonchev–Trinajstić information content (AvgIpc) is 2.71. The maximum Gasteiger partial charge on any atom is 0.416 e. The van der Waals surface area contributed by atoms with Crippen LogP contribution in [-0.4, -0.2) is 32.8 Å².